The van der Waals surface area contributed by atoms with E-state index in [0.717, 1.165) is 0 Å². The number of rotatable bonds is 5. The van der Waals surface area contributed by atoms with E-state index in [2.05, 4.69) is 0 Å². The highest BCUT2D eigenvalue weighted by atomic mass is 16.2. The molecule has 0 radical (unpaired) electrons. The molecule has 1 amide bonds. The van der Waals surface area contributed by atoms with Crippen LogP contribution in [0.25, 0.3) is 0 Å². The minimum atomic E-state index is -0.889. The average molecular weight is 213 g/mol. The van der Waals surface area contributed by atoms with Gasteiger partial charge in [-0.25, -0.2) is 0 Å². The lowest BCUT2D eigenvalue weighted by Gasteiger charge is -2.30. The molecule has 0 spiro atoms. The highest BCUT2D eigenvalue weighted by Gasteiger charge is 2.39. The summed E-state index contributed by atoms with van der Waals surface area (Å²) in [4.78, 5) is 25.7. The maximum atomic E-state index is 12.1. The van der Waals surface area contributed by atoms with Crippen molar-refractivity contribution in [2.75, 3.05) is 13.1 Å². The zero-order chi connectivity index (χ0) is 12.2. The van der Waals surface area contributed by atoms with Gasteiger partial charge in [0.15, 0.2) is 0 Å². The molecule has 0 rings (SSSR count). The van der Waals surface area contributed by atoms with Crippen LogP contribution in [0.3, 0.4) is 0 Å². The van der Waals surface area contributed by atoms with Crippen molar-refractivity contribution in [1.82, 2.24) is 4.90 Å². The Hall–Kier alpha value is -0.860. The minimum Gasteiger partial charge on any atom is -0.342 e. The van der Waals surface area contributed by atoms with E-state index in [4.69, 9.17) is 0 Å². The molecule has 0 saturated carbocycles. The molecule has 0 aliphatic rings. The van der Waals surface area contributed by atoms with Crippen molar-refractivity contribution >= 4 is 11.7 Å². The molecule has 0 atom stereocenters. The summed E-state index contributed by atoms with van der Waals surface area (Å²) >= 11 is 0. The number of ketones is 1. The fourth-order valence-electron chi connectivity index (χ4n) is 1.73. The lowest BCUT2D eigenvalue weighted by Crippen LogP contribution is -2.46. The summed E-state index contributed by atoms with van der Waals surface area (Å²) in [6.45, 7) is 12.3. The van der Waals surface area contributed by atoms with Crippen LogP contribution in [0.4, 0.5) is 0 Å². The second-order valence-electron chi connectivity index (χ2n) is 4.62. The highest BCUT2D eigenvalue weighted by molar-refractivity contribution is 6.05. The molecule has 88 valence electrons. The summed E-state index contributed by atoms with van der Waals surface area (Å²) in [7, 11) is 0. The van der Waals surface area contributed by atoms with E-state index in [9.17, 15) is 9.59 Å². The Bertz CT molecular complexity index is 240. The number of carbonyl (C=O) groups is 2. The Balaban J connectivity index is 4.86. The van der Waals surface area contributed by atoms with Gasteiger partial charge in [0.05, 0.1) is 0 Å². The van der Waals surface area contributed by atoms with Crippen LogP contribution >= 0.6 is 0 Å². The van der Waals surface area contributed by atoms with Crippen LogP contribution in [0.2, 0.25) is 0 Å². The lowest BCUT2D eigenvalue weighted by molar-refractivity contribution is -0.148. The van der Waals surface area contributed by atoms with E-state index < -0.39 is 5.41 Å². The van der Waals surface area contributed by atoms with E-state index in [1.807, 2.05) is 27.7 Å². The van der Waals surface area contributed by atoms with Crippen molar-refractivity contribution in [3.8, 4) is 0 Å². The summed E-state index contributed by atoms with van der Waals surface area (Å²) < 4.78 is 0. The van der Waals surface area contributed by atoms with Gasteiger partial charge < -0.3 is 4.90 Å². The van der Waals surface area contributed by atoms with Crippen LogP contribution < -0.4 is 0 Å². The van der Waals surface area contributed by atoms with Gasteiger partial charge in [-0.05, 0) is 27.7 Å². The molecule has 3 nitrogen and oxygen atoms in total. The van der Waals surface area contributed by atoms with Gasteiger partial charge in [-0.2, -0.15) is 0 Å². The third kappa shape index (κ3) is 3.05. The summed E-state index contributed by atoms with van der Waals surface area (Å²) in [5.41, 5.74) is -0.889. The fourth-order valence-corrected chi connectivity index (χ4v) is 1.73. The largest absolute Gasteiger partial charge is 0.342 e. The number of nitrogens with zero attached hydrogens (tertiary/aromatic N) is 1. The van der Waals surface area contributed by atoms with Crippen LogP contribution in [-0.2, 0) is 9.59 Å². The molecule has 0 bridgehead atoms. The molecule has 0 aromatic rings. The van der Waals surface area contributed by atoms with Gasteiger partial charge in [0.1, 0.15) is 11.2 Å². The molecule has 0 saturated heterocycles. The number of Topliss-reactive ketones (excluding diaryl/α,β-unsaturated/α-hetero) is 1. The topological polar surface area (TPSA) is 37.4 Å². The number of hydrogen-bond donors (Lipinski definition) is 0. The number of carbonyl (C=O) groups excluding carboxylic acids is 2. The van der Waals surface area contributed by atoms with Crippen molar-refractivity contribution < 1.29 is 9.59 Å². The number of hydrogen-bond acceptors (Lipinski definition) is 2. The van der Waals surface area contributed by atoms with E-state index in [1.54, 1.807) is 18.7 Å². The molecule has 0 aromatic carbocycles. The smallest absolute Gasteiger partial charge is 0.235 e. The van der Waals surface area contributed by atoms with Crippen LogP contribution in [-0.4, -0.2) is 29.7 Å². The van der Waals surface area contributed by atoms with Crippen molar-refractivity contribution in [2.45, 2.75) is 41.5 Å². The summed E-state index contributed by atoms with van der Waals surface area (Å²) in [5.74, 6) is -0.148. The van der Waals surface area contributed by atoms with E-state index in [0.29, 0.717) is 13.1 Å². The highest BCUT2D eigenvalue weighted by Crippen LogP contribution is 2.24. The summed E-state index contributed by atoms with van der Waals surface area (Å²) in [6, 6.07) is 0. The predicted molar refractivity (Wildman–Crippen MR) is 61.6 cm³/mol. The Morgan fingerprint density at radius 2 is 1.53 bits per heavy atom. The summed E-state index contributed by atoms with van der Waals surface area (Å²) in [6.07, 6.45) is 0. The fraction of sp³-hybridized carbons (Fsp3) is 0.833. The molecular weight excluding hydrogens is 190 g/mol. The maximum Gasteiger partial charge on any atom is 0.235 e. The third-order valence-electron chi connectivity index (χ3n) is 2.73. The van der Waals surface area contributed by atoms with Gasteiger partial charge in [0.2, 0.25) is 5.91 Å². The molecular formula is C12H23NO2. The second-order valence-corrected chi connectivity index (χ2v) is 4.62. The van der Waals surface area contributed by atoms with Gasteiger partial charge in [0, 0.05) is 19.0 Å². The van der Waals surface area contributed by atoms with E-state index in [1.165, 1.54) is 0 Å². The molecule has 0 fully saturated rings. The van der Waals surface area contributed by atoms with Crippen LogP contribution in [0.5, 0.6) is 0 Å². The molecule has 0 N–H and O–H groups in total. The molecule has 0 aliphatic heterocycles. The van der Waals surface area contributed by atoms with Gasteiger partial charge >= 0.3 is 0 Å². The Morgan fingerprint density at radius 3 is 1.80 bits per heavy atom. The monoisotopic (exact) mass is 213 g/mol. The van der Waals surface area contributed by atoms with Gasteiger partial charge in [0.25, 0.3) is 0 Å². The first-order valence-electron chi connectivity index (χ1n) is 5.62. The zero-order valence-electron chi connectivity index (χ0n) is 10.8. The molecule has 0 heterocycles. The van der Waals surface area contributed by atoms with Crippen molar-refractivity contribution in [2.24, 2.45) is 11.3 Å². The van der Waals surface area contributed by atoms with Gasteiger partial charge in [-0.3, -0.25) is 9.59 Å². The first-order chi connectivity index (χ1) is 6.78. The Kier molecular flexibility index (Phi) is 4.98. The SMILES string of the molecule is CCN(CC)C(=O)C(C)(C)C(=O)C(C)C. The van der Waals surface area contributed by atoms with Crippen molar-refractivity contribution in [3.05, 3.63) is 0 Å². The quantitative estimate of drug-likeness (QED) is 0.656. The maximum absolute atomic E-state index is 12.1. The number of amides is 1. The lowest BCUT2D eigenvalue weighted by atomic mass is 9.81. The second kappa shape index (κ2) is 5.29. The van der Waals surface area contributed by atoms with Crippen LogP contribution in [0, 0.1) is 11.3 Å². The average Bonchev–Trinajstić information content (AvgIpc) is 2.18. The standard InChI is InChI=1S/C12H23NO2/c1-7-13(8-2)11(15)12(5,6)10(14)9(3)4/h9H,7-8H2,1-6H3. The summed E-state index contributed by atoms with van der Waals surface area (Å²) in [5, 5.41) is 0. The molecule has 3 heteroatoms. The normalized spacial score (nSPS) is 11.7. The first-order valence-corrected chi connectivity index (χ1v) is 5.62. The predicted octanol–water partition coefficient (Wildman–Crippen LogP) is 2.11. The van der Waals surface area contributed by atoms with E-state index >= 15 is 0 Å². The van der Waals surface area contributed by atoms with Crippen molar-refractivity contribution in [3.63, 3.8) is 0 Å². The molecule has 0 aliphatic carbocycles. The van der Waals surface area contributed by atoms with Gasteiger partial charge in [-0.1, -0.05) is 13.8 Å². The zero-order valence-corrected chi connectivity index (χ0v) is 10.8. The first kappa shape index (κ1) is 14.1. The minimum absolute atomic E-state index is 0.0133. The molecule has 0 aromatic heterocycles. The molecule has 0 unspecified atom stereocenters. The Morgan fingerprint density at radius 1 is 1.13 bits per heavy atom. The van der Waals surface area contributed by atoms with Crippen LogP contribution in [0.15, 0.2) is 0 Å². The van der Waals surface area contributed by atoms with Gasteiger partial charge in [-0.15, -0.1) is 0 Å². The van der Waals surface area contributed by atoms with Crippen LogP contribution in [0.1, 0.15) is 41.5 Å². The third-order valence-corrected chi connectivity index (χ3v) is 2.73. The molecule has 15 heavy (non-hydrogen) atoms. The van der Waals surface area contributed by atoms with E-state index in [-0.39, 0.29) is 17.6 Å². The van der Waals surface area contributed by atoms with Crippen molar-refractivity contribution in [1.29, 1.82) is 0 Å². The Labute approximate surface area is 92.8 Å².